The molecule has 3 N–H and O–H groups in total. The van der Waals surface area contributed by atoms with Crippen LogP contribution in [0, 0.1) is 22.7 Å². The molecule has 10 nitrogen and oxygen atoms in total. The number of halogens is 1. The first-order valence-electron chi connectivity index (χ1n) is 10.2. The maximum absolute atomic E-state index is 9.58. The molecular weight excluding hydrogens is 430 g/mol. The summed E-state index contributed by atoms with van der Waals surface area (Å²) >= 11 is 6.72. The summed E-state index contributed by atoms with van der Waals surface area (Å²) in [5.74, 6) is 0.858. The molecule has 3 heterocycles. The predicted molar refractivity (Wildman–Crippen MR) is 120 cm³/mol. The number of hydrogen-bond acceptors (Lipinski definition) is 9. The molecule has 164 valence electrons. The topological polar surface area (TPSA) is 138 Å². The zero-order valence-corrected chi connectivity index (χ0v) is 18.4. The smallest absolute Gasteiger partial charge is 0.247 e. The Hall–Kier alpha value is -3.44. The van der Waals surface area contributed by atoms with Gasteiger partial charge in [-0.05, 0) is 31.5 Å². The molecule has 0 radical (unpaired) electrons. The number of benzene rings is 1. The summed E-state index contributed by atoms with van der Waals surface area (Å²) in [6.07, 6.45) is 1.04. The zero-order chi connectivity index (χ0) is 22.8. The third kappa shape index (κ3) is 4.16. The number of likely N-dealkylation sites (tertiary alicyclic amines) is 1. The Morgan fingerprint density at radius 2 is 2.09 bits per heavy atom. The molecule has 1 fully saturated rings. The lowest BCUT2D eigenvalue weighted by Crippen LogP contribution is -2.47. The molecule has 11 heteroatoms. The van der Waals surface area contributed by atoms with E-state index in [1.165, 1.54) is 10.7 Å². The molecule has 1 aliphatic rings. The fraction of sp³-hybridized carbons (Fsp3) is 0.381. The maximum Gasteiger partial charge on any atom is 0.247 e. The SMILES string of the molecule is CCNc1nc(Nc2cc(C#N)cc(C3CN(CC(C)O)C3)c2Cl)nn2c(C#N)cnc12. The Bertz CT molecular complexity index is 1230. The van der Waals surface area contributed by atoms with Crippen molar-refractivity contribution in [2.45, 2.75) is 25.9 Å². The van der Waals surface area contributed by atoms with Crippen LogP contribution < -0.4 is 10.6 Å². The molecule has 32 heavy (non-hydrogen) atoms. The van der Waals surface area contributed by atoms with Crippen LogP contribution in [0.4, 0.5) is 17.5 Å². The maximum atomic E-state index is 9.58. The van der Waals surface area contributed by atoms with E-state index in [9.17, 15) is 15.6 Å². The van der Waals surface area contributed by atoms with Crippen molar-refractivity contribution < 1.29 is 5.11 Å². The van der Waals surface area contributed by atoms with Crippen molar-refractivity contribution in [3.8, 4) is 12.1 Å². The number of nitrogens with zero attached hydrogens (tertiary/aromatic N) is 7. The number of hydrogen-bond donors (Lipinski definition) is 3. The standard InChI is InChI=1S/C21H22ClN9O/c1-3-25-19-20-26-8-15(7-24)31(20)29-21(28-19)27-17-5-13(6-23)4-16(18(17)22)14-10-30(11-14)9-12(2)32/h4-5,8,12,14,32H,3,9-11H2,1-2H3,(H2,25,27,28,29). The van der Waals surface area contributed by atoms with Crippen LogP contribution in [0.2, 0.25) is 5.02 Å². The second-order valence-electron chi connectivity index (χ2n) is 7.73. The molecular formula is C21H22ClN9O. The van der Waals surface area contributed by atoms with Gasteiger partial charge in [-0.25, -0.2) is 4.98 Å². The Kier molecular flexibility index (Phi) is 6.10. The fourth-order valence-corrected chi connectivity index (χ4v) is 4.12. The Morgan fingerprint density at radius 1 is 1.31 bits per heavy atom. The normalized spacial score (nSPS) is 15.1. The molecule has 0 bridgehead atoms. The van der Waals surface area contributed by atoms with Crippen LogP contribution in [-0.4, -0.2) is 61.9 Å². The minimum Gasteiger partial charge on any atom is -0.392 e. The highest BCUT2D eigenvalue weighted by Crippen LogP contribution is 2.38. The van der Waals surface area contributed by atoms with Crippen molar-refractivity contribution in [3.63, 3.8) is 0 Å². The Morgan fingerprint density at radius 3 is 2.75 bits per heavy atom. The number of nitrogens with one attached hydrogen (secondary N) is 2. The first-order valence-corrected chi connectivity index (χ1v) is 10.6. The first kappa shape index (κ1) is 21.8. The van der Waals surface area contributed by atoms with Crippen LogP contribution in [0.1, 0.15) is 36.6 Å². The quantitative estimate of drug-likeness (QED) is 0.494. The Labute approximate surface area is 190 Å². The molecule has 2 aromatic heterocycles. The number of aliphatic hydroxyl groups is 1. The van der Waals surface area contributed by atoms with Crippen LogP contribution in [0.3, 0.4) is 0 Å². The molecule has 1 saturated heterocycles. The number of fused-ring (bicyclic) bond motifs is 1. The third-order valence-electron chi connectivity index (χ3n) is 5.22. The van der Waals surface area contributed by atoms with Crippen LogP contribution in [0.5, 0.6) is 0 Å². The van der Waals surface area contributed by atoms with Gasteiger partial charge < -0.3 is 15.7 Å². The highest BCUT2D eigenvalue weighted by atomic mass is 35.5. The largest absolute Gasteiger partial charge is 0.392 e. The fourth-order valence-electron chi connectivity index (χ4n) is 3.81. The van der Waals surface area contributed by atoms with Gasteiger partial charge in [-0.1, -0.05) is 11.6 Å². The van der Waals surface area contributed by atoms with Crippen LogP contribution in [-0.2, 0) is 0 Å². The summed E-state index contributed by atoms with van der Waals surface area (Å²) in [7, 11) is 0. The molecule has 3 aromatic rings. The van der Waals surface area contributed by atoms with Crippen molar-refractivity contribution in [1.82, 2.24) is 24.5 Å². The summed E-state index contributed by atoms with van der Waals surface area (Å²) in [4.78, 5) is 10.8. The Balaban J connectivity index is 1.68. The van der Waals surface area contributed by atoms with Crippen molar-refractivity contribution in [2.75, 3.05) is 36.8 Å². The van der Waals surface area contributed by atoms with E-state index in [1.807, 2.05) is 6.92 Å². The number of rotatable bonds is 7. The van der Waals surface area contributed by atoms with Gasteiger partial charge >= 0.3 is 0 Å². The summed E-state index contributed by atoms with van der Waals surface area (Å²) in [6, 6.07) is 7.69. The number of aliphatic hydroxyl groups excluding tert-OH is 1. The number of imidazole rings is 1. The lowest BCUT2D eigenvalue weighted by Gasteiger charge is -2.40. The summed E-state index contributed by atoms with van der Waals surface area (Å²) in [5, 5.41) is 39.6. The minimum atomic E-state index is -0.395. The summed E-state index contributed by atoms with van der Waals surface area (Å²) < 4.78 is 1.41. The van der Waals surface area contributed by atoms with E-state index < -0.39 is 6.10 Å². The molecule has 1 aromatic carbocycles. The molecule has 1 atom stereocenters. The summed E-state index contributed by atoms with van der Waals surface area (Å²) in [5.41, 5.74) is 2.56. The zero-order valence-electron chi connectivity index (χ0n) is 17.7. The van der Waals surface area contributed by atoms with Crippen molar-refractivity contribution in [3.05, 3.63) is 40.2 Å². The van der Waals surface area contributed by atoms with E-state index in [2.05, 4.69) is 42.7 Å². The molecule has 0 amide bonds. The van der Waals surface area contributed by atoms with Gasteiger partial charge in [0.2, 0.25) is 5.95 Å². The van der Waals surface area contributed by atoms with Gasteiger partial charge in [0, 0.05) is 32.1 Å². The van der Waals surface area contributed by atoms with E-state index in [-0.39, 0.29) is 17.6 Å². The second-order valence-corrected chi connectivity index (χ2v) is 8.11. The molecule has 0 spiro atoms. The van der Waals surface area contributed by atoms with Crippen LogP contribution in [0.15, 0.2) is 18.3 Å². The van der Waals surface area contributed by atoms with Gasteiger partial charge in [-0.2, -0.15) is 20.0 Å². The highest BCUT2D eigenvalue weighted by Gasteiger charge is 2.31. The van der Waals surface area contributed by atoms with Crippen molar-refractivity contribution in [1.29, 1.82) is 10.5 Å². The number of aromatic nitrogens is 4. The van der Waals surface area contributed by atoms with Gasteiger partial charge in [-0.3, -0.25) is 4.90 Å². The van der Waals surface area contributed by atoms with E-state index >= 15 is 0 Å². The van der Waals surface area contributed by atoms with Gasteiger partial charge in [0.05, 0.1) is 34.6 Å². The monoisotopic (exact) mass is 451 g/mol. The predicted octanol–water partition coefficient (Wildman–Crippen LogP) is 2.48. The first-order chi connectivity index (χ1) is 15.4. The minimum absolute atomic E-state index is 0.162. The lowest BCUT2D eigenvalue weighted by molar-refractivity contribution is 0.0742. The van der Waals surface area contributed by atoms with E-state index in [0.29, 0.717) is 40.8 Å². The second kappa shape index (κ2) is 8.97. The van der Waals surface area contributed by atoms with E-state index in [1.54, 1.807) is 19.1 Å². The van der Waals surface area contributed by atoms with Gasteiger partial charge in [-0.15, -0.1) is 5.10 Å². The molecule has 0 aliphatic carbocycles. The molecule has 0 saturated carbocycles. The summed E-state index contributed by atoms with van der Waals surface area (Å²) in [6.45, 7) is 6.41. The molecule has 1 unspecified atom stereocenters. The average Bonchev–Trinajstić information content (AvgIpc) is 3.15. The molecule has 1 aliphatic heterocycles. The van der Waals surface area contributed by atoms with Gasteiger partial charge in [0.15, 0.2) is 17.2 Å². The van der Waals surface area contributed by atoms with Gasteiger partial charge in [0.25, 0.3) is 0 Å². The molecule has 4 rings (SSSR count). The van der Waals surface area contributed by atoms with Crippen LogP contribution >= 0.6 is 11.6 Å². The van der Waals surface area contributed by atoms with Crippen molar-refractivity contribution in [2.24, 2.45) is 0 Å². The number of nitriles is 2. The van der Waals surface area contributed by atoms with E-state index in [4.69, 9.17) is 11.6 Å². The van der Waals surface area contributed by atoms with Crippen LogP contribution in [0.25, 0.3) is 5.65 Å². The number of anilines is 3. The highest BCUT2D eigenvalue weighted by molar-refractivity contribution is 6.34. The third-order valence-corrected chi connectivity index (χ3v) is 5.64. The van der Waals surface area contributed by atoms with Crippen molar-refractivity contribution >= 4 is 34.7 Å². The number of β-amino-alcohol motifs (C(OH)–C–C–N with tert-alkyl or cyclic N) is 1. The average molecular weight is 452 g/mol. The van der Waals surface area contributed by atoms with Gasteiger partial charge in [0.1, 0.15) is 6.07 Å². The van der Waals surface area contributed by atoms with E-state index in [0.717, 1.165) is 18.7 Å². The lowest BCUT2D eigenvalue weighted by atomic mass is 9.89.